The topological polar surface area (TPSA) is 93.2 Å². The SMILES string of the molecule is N#Cc1ccc(S(=O)(=O)[C@@]23CC[C@@H](N)C[C@@H]2COc2c(F)ccc(F)c23)cc1. The molecule has 1 aliphatic heterocycles. The summed E-state index contributed by atoms with van der Waals surface area (Å²) in [6, 6.07) is 9.03. The summed E-state index contributed by atoms with van der Waals surface area (Å²) in [7, 11) is -4.14. The standard InChI is InChI=1S/C20H18F2N2O3S/c21-16-5-6-17(22)19-18(16)20(8-7-14(24)9-13(20)11-27-19)28(25,26)15-3-1-12(10-23)2-4-15/h1-6,13-14H,7-9,11,24H2/t13-,14-,20+/m1/s1. The van der Waals surface area contributed by atoms with Gasteiger partial charge in [-0.25, -0.2) is 17.2 Å². The zero-order valence-corrected chi connectivity index (χ0v) is 15.7. The molecule has 0 bridgehead atoms. The second-order valence-corrected chi connectivity index (χ2v) is 9.51. The lowest BCUT2D eigenvalue weighted by atomic mass is 9.71. The van der Waals surface area contributed by atoms with Crippen LogP contribution in [0, 0.1) is 28.9 Å². The number of benzene rings is 2. The number of sulfone groups is 1. The van der Waals surface area contributed by atoms with E-state index in [4.69, 9.17) is 15.7 Å². The molecule has 1 aliphatic carbocycles. The highest BCUT2D eigenvalue weighted by atomic mass is 32.2. The van der Waals surface area contributed by atoms with Gasteiger partial charge < -0.3 is 10.5 Å². The van der Waals surface area contributed by atoms with Crippen molar-refractivity contribution in [2.24, 2.45) is 11.7 Å². The van der Waals surface area contributed by atoms with Crippen molar-refractivity contribution in [3.8, 4) is 11.8 Å². The minimum absolute atomic E-state index is 0.0384. The van der Waals surface area contributed by atoms with Crippen LogP contribution in [0.3, 0.4) is 0 Å². The zero-order valence-electron chi connectivity index (χ0n) is 14.9. The number of rotatable bonds is 2. The van der Waals surface area contributed by atoms with Crippen LogP contribution in [-0.2, 0) is 14.6 Å². The highest BCUT2D eigenvalue weighted by molar-refractivity contribution is 7.92. The van der Waals surface area contributed by atoms with Gasteiger partial charge in [-0.3, -0.25) is 0 Å². The fourth-order valence-corrected chi connectivity index (χ4v) is 6.83. The molecule has 2 aliphatic rings. The van der Waals surface area contributed by atoms with Crippen molar-refractivity contribution < 1.29 is 21.9 Å². The first-order chi connectivity index (χ1) is 13.3. The van der Waals surface area contributed by atoms with Crippen molar-refractivity contribution in [1.82, 2.24) is 0 Å². The highest BCUT2D eigenvalue weighted by Gasteiger charge is 2.59. The van der Waals surface area contributed by atoms with Gasteiger partial charge in [0, 0.05) is 12.0 Å². The van der Waals surface area contributed by atoms with Gasteiger partial charge in [-0.15, -0.1) is 0 Å². The van der Waals surface area contributed by atoms with Crippen LogP contribution < -0.4 is 10.5 Å². The van der Waals surface area contributed by atoms with E-state index in [0.717, 1.165) is 12.1 Å². The molecule has 2 aromatic carbocycles. The predicted molar refractivity (Wildman–Crippen MR) is 97.2 cm³/mol. The third-order valence-electron chi connectivity index (χ3n) is 5.82. The zero-order chi connectivity index (χ0) is 20.1. The molecular formula is C20H18F2N2O3S. The molecule has 0 radical (unpaired) electrons. The number of nitrogens with zero attached hydrogens (tertiary/aromatic N) is 1. The molecule has 5 nitrogen and oxygen atoms in total. The first-order valence-electron chi connectivity index (χ1n) is 8.93. The van der Waals surface area contributed by atoms with Gasteiger partial charge in [0.25, 0.3) is 0 Å². The first-order valence-corrected chi connectivity index (χ1v) is 10.4. The van der Waals surface area contributed by atoms with E-state index in [1.807, 2.05) is 6.07 Å². The molecule has 1 fully saturated rings. The fraction of sp³-hybridized carbons (Fsp3) is 0.350. The van der Waals surface area contributed by atoms with E-state index in [-0.39, 0.29) is 35.3 Å². The van der Waals surface area contributed by atoms with E-state index in [0.29, 0.717) is 18.4 Å². The summed E-state index contributed by atoms with van der Waals surface area (Å²) in [5.74, 6) is -2.56. The summed E-state index contributed by atoms with van der Waals surface area (Å²) in [6.07, 6.45) is 0.754. The molecule has 4 rings (SSSR count). The van der Waals surface area contributed by atoms with E-state index >= 15 is 0 Å². The molecule has 0 aromatic heterocycles. The van der Waals surface area contributed by atoms with Crippen LogP contribution in [0.5, 0.6) is 5.75 Å². The van der Waals surface area contributed by atoms with Crippen molar-refractivity contribution in [2.45, 2.75) is 34.9 Å². The third-order valence-corrected chi connectivity index (χ3v) is 8.41. The monoisotopic (exact) mass is 404 g/mol. The fourth-order valence-electron chi connectivity index (χ4n) is 4.47. The molecule has 1 saturated carbocycles. The normalized spacial score (nSPS) is 26.5. The van der Waals surface area contributed by atoms with E-state index in [1.54, 1.807) is 0 Å². The lowest BCUT2D eigenvalue weighted by molar-refractivity contribution is 0.116. The van der Waals surface area contributed by atoms with Crippen molar-refractivity contribution in [1.29, 1.82) is 5.26 Å². The molecule has 0 unspecified atom stereocenters. The summed E-state index contributed by atoms with van der Waals surface area (Å²) in [5, 5.41) is 8.97. The number of fused-ring (bicyclic) bond motifs is 3. The van der Waals surface area contributed by atoms with Crippen molar-refractivity contribution in [3.05, 3.63) is 59.2 Å². The van der Waals surface area contributed by atoms with Gasteiger partial charge in [0.05, 0.1) is 28.7 Å². The second-order valence-electron chi connectivity index (χ2n) is 7.30. The largest absolute Gasteiger partial charge is 0.490 e. The first kappa shape index (κ1) is 18.8. The maximum Gasteiger partial charge on any atom is 0.188 e. The van der Waals surface area contributed by atoms with Gasteiger partial charge in [0.2, 0.25) is 0 Å². The van der Waals surface area contributed by atoms with E-state index in [1.165, 1.54) is 24.3 Å². The number of ether oxygens (including phenoxy) is 1. The van der Waals surface area contributed by atoms with E-state index in [2.05, 4.69) is 0 Å². The predicted octanol–water partition coefficient (Wildman–Crippen LogP) is 3.03. The lowest BCUT2D eigenvalue weighted by Crippen LogP contribution is -2.54. The molecule has 8 heteroatoms. The maximum atomic E-state index is 14.9. The Balaban J connectivity index is 2.00. The molecule has 1 heterocycles. The van der Waals surface area contributed by atoms with Gasteiger partial charge in [0.15, 0.2) is 21.4 Å². The average molecular weight is 404 g/mol. The van der Waals surface area contributed by atoms with Crippen molar-refractivity contribution in [2.75, 3.05) is 6.61 Å². The van der Waals surface area contributed by atoms with Gasteiger partial charge in [-0.05, 0) is 55.7 Å². The highest BCUT2D eigenvalue weighted by Crippen LogP contribution is 2.56. The minimum atomic E-state index is -4.14. The summed E-state index contributed by atoms with van der Waals surface area (Å²) in [4.78, 5) is -0.0384. The molecular weight excluding hydrogens is 386 g/mol. The molecule has 2 N–H and O–H groups in total. The Morgan fingerprint density at radius 3 is 2.50 bits per heavy atom. The molecule has 146 valence electrons. The van der Waals surface area contributed by atoms with Crippen molar-refractivity contribution in [3.63, 3.8) is 0 Å². The third kappa shape index (κ3) is 2.54. The van der Waals surface area contributed by atoms with Crippen LogP contribution in [0.15, 0.2) is 41.3 Å². The van der Waals surface area contributed by atoms with Crippen LogP contribution in [0.4, 0.5) is 8.78 Å². The average Bonchev–Trinajstić information content (AvgIpc) is 2.70. The molecule has 0 spiro atoms. The number of nitriles is 1. The summed E-state index contributed by atoms with van der Waals surface area (Å²) in [6.45, 7) is -0.0589. The number of hydrogen-bond acceptors (Lipinski definition) is 5. The Labute approximate surface area is 161 Å². The van der Waals surface area contributed by atoms with Crippen LogP contribution in [-0.4, -0.2) is 21.1 Å². The Kier molecular flexibility index (Phi) is 4.40. The Morgan fingerprint density at radius 2 is 1.82 bits per heavy atom. The number of nitrogens with two attached hydrogens (primary N) is 1. The maximum absolute atomic E-state index is 14.9. The minimum Gasteiger partial charge on any atom is -0.490 e. The molecule has 0 saturated heterocycles. The molecule has 28 heavy (non-hydrogen) atoms. The molecule has 3 atom stereocenters. The van der Waals surface area contributed by atoms with Crippen molar-refractivity contribution >= 4 is 9.84 Å². The van der Waals surface area contributed by atoms with Crippen LogP contribution in [0.25, 0.3) is 0 Å². The Morgan fingerprint density at radius 1 is 1.14 bits per heavy atom. The van der Waals surface area contributed by atoms with Crippen LogP contribution >= 0.6 is 0 Å². The van der Waals surface area contributed by atoms with Crippen LogP contribution in [0.1, 0.15) is 30.4 Å². The Bertz CT molecular complexity index is 1080. The number of hydrogen-bond donors (Lipinski definition) is 1. The number of halogens is 2. The summed E-state index contributed by atoms with van der Waals surface area (Å²) < 4.78 is 60.8. The van der Waals surface area contributed by atoms with Gasteiger partial charge in [0.1, 0.15) is 10.6 Å². The quantitative estimate of drug-likeness (QED) is 0.831. The van der Waals surface area contributed by atoms with E-state index in [9.17, 15) is 17.2 Å². The molecule has 0 amide bonds. The summed E-state index contributed by atoms with van der Waals surface area (Å²) >= 11 is 0. The van der Waals surface area contributed by atoms with Crippen LogP contribution in [0.2, 0.25) is 0 Å². The lowest BCUT2D eigenvalue weighted by Gasteiger charge is -2.48. The smallest absolute Gasteiger partial charge is 0.188 e. The van der Waals surface area contributed by atoms with E-state index < -0.39 is 32.1 Å². The molecule has 2 aromatic rings. The van der Waals surface area contributed by atoms with Gasteiger partial charge >= 0.3 is 0 Å². The van der Waals surface area contributed by atoms with Gasteiger partial charge in [-0.1, -0.05) is 0 Å². The summed E-state index contributed by atoms with van der Waals surface area (Å²) in [5.41, 5.74) is 6.11. The van der Waals surface area contributed by atoms with Gasteiger partial charge in [-0.2, -0.15) is 5.26 Å². The second kappa shape index (κ2) is 6.54. The Hall–Kier alpha value is -2.50.